The average molecular weight is 336 g/mol. The number of fused-ring (bicyclic) bond motifs is 1. The molecule has 0 saturated carbocycles. The van der Waals surface area contributed by atoms with E-state index in [-0.39, 0.29) is 5.78 Å². The van der Waals surface area contributed by atoms with Crippen LogP contribution >= 0.6 is 0 Å². The van der Waals surface area contributed by atoms with E-state index >= 15 is 0 Å². The molecule has 1 aliphatic rings. The molecule has 3 aromatic rings. The Morgan fingerprint density at radius 1 is 1.12 bits per heavy atom. The summed E-state index contributed by atoms with van der Waals surface area (Å²) < 4.78 is 5.32. The summed E-state index contributed by atoms with van der Waals surface area (Å²) in [5, 5.41) is 8.98. The number of Topliss-reactive ketones (excluding diaryl/α,β-unsaturated/α-hetero) is 1. The van der Waals surface area contributed by atoms with Crippen LogP contribution in [0, 0.1) is 0 Å². The molecule has 25 heavy (non-hydrogen) atoms. The molecule has 0 atom stereocenters. The van der Waals surface area contributed by atoms with E-state index < -0.39 is 0 Å². The van der Waals surface area contributed by atoms with Crippen LogP contribution in [0.25, 0.3) is 21.9 Å². The zero-order valence-corrected chi connectivity index (χ0v) is 13.9. The number of nitrogens with one attached hydrogen (secondary N) is 1. The highest BCUT2D eigenvalue weighted by molar-refractivity contribution is 5.88. The average Bonchev–Trinajstić information content (AvgIpc) is 3.16. The van der Waals surface area contributed by atoms with E-state index in [1.54, 1.807) is 6.20 Å². The van der Waals surface area contributed by atoms with Crippen molar-refractivity contribution < 1.29 is 9.53 Å². The molecule has 0 spiro atoms. The van der Waals surface area contributed by atoms with Crippen molar-refractivity contribution in [2.24, 2.45) is 0 Å². The lowest BCUT2D eigenvalue weighted by Gasteiger charge is -2.25. The number of hydrogen-bond acceptors (Lipinski definition) is 5. The first kappa shape index (κ1) is 15.9. The third kappa shape index (κ3) is 3.75. The van der Waals surface area contributed by atoms with E-state index in [0.717, 1.165) is 40.7 Å². The smallest absolute Gasteiger partial charge is 0.152 e. The number of benzene rings is 1. The molecular formula is C19H20N4O2. The molecule has 2 aromatic heterocycles. The molecule has 0 amide bonds. The van der Waals surface area contributed by atoms with Gasteiger partial charge in [-0.2, -0.15) is 5.10 Å². The molecule has 128 valence electrons. The number of aromatic nitrogens is 3. The lowest BCUT2D eigenvalue weighted by molar-refractivity contribution is -0.120. The van der Waals surface area contributed by atoms with Crippen LogP contribution in [0.2, 0.25) is 0 Å². The maximum atomic E-state index is 12.3. The first-order valence-corrected chi connectivity index (χ1v) is 8.47. The molecule has 1 N–H and O–H groups in total. The summed E-state index contributed by atoms with van der Waals surface area (Å²) in [4.78, 5) is 18.9. The molecule has 3 heterocycles. The highest BCUT2D eigenvalue weighted by Gasteiger charge is 2.15. The van der Waals surface area contributed by atoms with Crippen molar-refractivity contribution in [1.82, 2.24) is 20.1 Å². The van der Waals surface area contributed by atoms with Crippen molar-refractivity contribution in [1.29, 1.82) is 0 Å². The van der Waals surface area contributed by atoms with Crippen molar-refractivity contribution in [3.05, 3.63) is 48.5 Å². The number of aromatic amines is 1. The number of carbonyl (C=O) groups is 1. The number of carbonyl (C=O) groups excluding carboxylic acids is 1. The molecule has 0 unspecified atom stereocenters. The molecule has 1 saturated heterocycles. The minimum Gasteiger partial charge on any atom is -0.379 e. The molecule has 6 nitrogen and oxygen atoms in total. The Kier molecular flexibility index (Phi) is 4.54. The summed E-state index contributed by atoms with van der Waals surface area (Å²) >= 11 is 0. The van der Waals surface area contributed by atoms with Crippen molar-refractivity contribution >= 4 is 16.6 Å². The third-order valence-electron chi connectivity index (χ3n) is 4.49. The first-order valence-electron chi connectivity index (χ1n) is 8.47. The van der Waals surface area contributed by atoms with Crippen molar-refractivity contribution in [2.75, 3.05) is 32.8 Å². The Bertz CT molecular complexity index is 870. The lowest BCUT2D eigenvalue weighted by Crippen LogP contribution is -2.39. The summed E-state index contributed by atoms with van der Waals surface area (Å²) in [6.45, 7) is 3.53. The molecule has 0 bridgehead atoms. The predicted octanol–water partition coefficient (Wildman–Crippen LogP) is 2.07. The highest BCUT2D eigenvalue weighted by Crippen LogP contribution is 2.23. The van der Waals surface area contributed by atoms with E-state index in [1.807, 2.05) is 24.5 Å². The minimum atomic E-state index is 0.194. The van der Waals surface area contributed by atoms with Crippen molar-refractivity contribution in [3.8, 4) is 11.1 Å². The molecule has 1 aromatic carbocycles. The van der Waals surface area contributed by atoms with Gasteiger partial charge in [-0.15, -0.1) is 0 Å². The first-order chi connectivity index (χ1) is 12.3. The van der Waals surface area contributed by atoms with Gasteiger partial charge >= 0.3 is 0 Å². The van der Waals surface area contributed by atoms with Gasteiger partial charge in [0.15, 0.2) is 5.78 Å². The van der Waals surface area contributed by atoms with Gasteiger partial charge < -0.3 is 4.74 Å². The van der Waals surface area contributed by atoms with Crippen LogP contribution in [0.3, 0.4) is 0 Å². The number of ketones is 1. The monoisotopic (exact) mass is 336 g/mol. The third-order valence-corrected chi connectivity index (χ3v) is 4.49. The Labute approximate surface area is 145 Å². The topological polar surface area (TPSA) is 71.1 Å². The Balaban J connectivity index is 1.50. The molecule has 0 aliphatic carbocycles. The molecular weight excluding hydrogens is 316 g/mol. The summed E-state index contributed by atoms with van der Waals surface area (Å²) in [6.07, 6.45) is 5.87. The van der Waals surface area contributed by atoms with Crippen LogP contribution in [0.15, 0.2) is 42.9 Å². The van der Waals surface area contributed by atoms with E-state index in [9.17, 15) is 4.79 Å². The highest BCUT2D eigenvalue weighted by atomic mass is 16.5. The fourth-order valence-corrected chi connectivity index (χ4v) is 3.14. The van der Waals surface area contributed by atoms with E-state index in [4.69, 9.17) is 4.74 Å². The number of hydrogen-bond donors (Lipinski definition) is 1. The largest absolute Gasteiger partial charge is 0.379 e. The van der Waals surface area contributed by atoms with Gasteiger partial charge in [-0.25, -0.2) is 0 Å². The van der Waals surface area contributed by atoms with Crippen LogP contribution in [-0.2, 0) is 16.0 Å². The zero-order valence-electron chi connectivity index (χ0n) is 13.9. The van der Waals surface area contributed by atoms with Crippen LogP contribution in [0.4, 0.5) is 0 Å². The van der Waals surface area contributed by atoms with Gasteiger partial charge in [0.1, 0.15) is 0 Å². The van der Waals surface area contributed by atoms with E-state index in [1.165, 1.54) is 0 Å². The predicted molar refractivity (Wildman–Crippen MR) is 95.3 cm³/mol. The van der Waals surface area contributed by atoms with Gasteiger partial charge in [0.2, 0.25) is 0 Å². The Morgan fingerprint density at radius 3 is 2.80 bits per heavy atom. The molecule has 1 fully saturated rings. The Hall–Kier alpha value is -2.57. The number of nitrogens with zero attached hydrogens (tertiary/aromatic N) is 3. The molecule has 4 rings (SSSR count). The summed E-state index contributed by atoms with van der Waals surface area (Å²) in [7, 11) is 0. The van der Waals surface area contributed by atoms with Crippen molar-refractivity contribution in [3.63, 3.8) is 0 Å². The second kappa shape index (κ2) is 7.13. The van der Waals surface area contributed by atoms with Gasteiger partial charge in [0.25, 0.3) is 0 Å². The van der Waals surface area contributed by atoms with Gasteiger partial charge in [0, 0.05) is 42.1 Å². The summed E-state index contributed by atoms with van der Waals surface area (Å²) in [5.41, 5.74) is 2.96. The van der Waals surface area contributed by atoms with Gasteiger partial charge in [0.05, 0.1) is 32.4 Å². The molecule has 0 radical (unpaired) electrons. The fraction of sp³-hybridized carbons (Fsp3) is 0.316. The van der Waals surface area contributed by atoms with Crippen molar-refractivity contribution in [2.45, 2.75) is 6.42 Å². The minimum absolute atomic E-state index is 0.194. The van der Waals surface area contributed by atoms with Crippen LogP contribution < -0.4 is 0 Å². The number of H-pyrrole nitrogens is 1. The molecule has 6 heteroatoms. The van der Waals surface area contributed by atoms with E-state index in [0.29, 0.717) is 26.2 Å². The molecule has 1 aliphatic heterocycles. The fourth-order valence-electron chi connectivity index (χ4n) is 3.14. The number of rotatable bonds is 5. The van der Waals surface area contributed by atoms with Crippen LogP contribution in [0.1, 0.15) is 5.69 Å². The van der Waals surface area contributed by atoms with Gasteiger partial charge in [-0.1, -0.05) is 12.1 Å². The summed E-state index contributed by atoms with van der Waals surface area (Å²) in [5.74, 6) is 0.194. The number of morpholine rings is 1. The maximum absolute atomic E-state index is 12.3. The maximum Gasteiger partial charge on any atom is 0.152 e. The van der Waals surface area contributed by atoms with Crippen LogP contribution in [0.5, 0.6) is 0 Å². The number of pyridine rings is 1. The second-order valence-corrected chi connectivity index (χ2v) is 6.33. The lowest BCUT2D eigenvalue weighted by atomic mass is 10.0. The Morgan fingerprint density at radius 2 is 2.00 bits per heavy atom. The SMILES string of the molecule is O=C(Cc1cc2cc(-c3cn[nH]c3)ccc2cn1)CN1CCOCC1. The van der Waals surface area contributed by atoms with Gasteiger partial charge in [-0.05, 0) is 23.1 Å². The van der Waals surface area contributed by atoms with E-state index in [2.05, 4.69) is 32.2 Å². The van der Waals surface area contributed by atoms with Gasteiger partial charge in [-0.3, -0.25) is 19.8 Å². The van der Waals surface area contributed by atoms with Crippen LogP contribution in [-0.4, -0.2) is 58.7 Å². The second-order valence-electron chi connectivity index (χ2n) is 6.33. The summed E-state index contributed by atoms with van der Waals surface area (Å²) in [6, 6.07) is 8.22. The quantitative estimate of drug-likeness (QED) is 0.772. The standard InChI is InChI=1S/C19H20N4O2/c24-19(13-23-3-5-25-6-4-23)9-18-8-16-7-14(17-11-21-22-12-17)1-2-15(16)10-20-18/h1-2,7-8,10-12H,3-6,9,13H2,(H,21,22). The number of ether oxygens (including phenoxy) is 1. The normalized spacial score (nSPS) is 15.5. The zero-order chi connectivity index (χ0) is 17.1.